The predicted octanol–water partition coefficient (Wildman–Crippen LogP) is 2.29. The van der Waals surface area contributed by atoms with Crippen molar-refractivity contribution in [2.45, 2.75) is 52.9 Å². The van der Waals surface area contributed by atoms with Crippen molar-refractivity contribution in [3.63, 3.8) is 0 Å². The van der Waals surface area contributed by atoms with Crippen LogP contribution in [0.4, 0.5) is 0 Å². The van der Waals surface area contributed by atoms with Crippen LogP contribution in [0.5, 0.6) is 0 Å². The third-order valence-corrected chi connectivity index (χ3v) is 3.73. The summed E-state index contributed by atoms with van der Waals surface area (Å²) in [6, 6.07) is 0. The van der Waals surface area contributed by atoms with Crippen LogP contribution in [0.15, 0.2) is 0 Å². The largest absolute Gasteiger partial charge is 0.465 e. The van der Waals surface area contributed by atoms with Crippen LogP contribution in [0.25, 0.3) is 0 Å². The molecule has 0 spiro atoms. The van der Waals surface area contributed by atoms with Gasteiger partial charge in [-0.25, -0.2) is 0 Å². The molecule has 0 bridgehead atoms. The minimum atomic E-state index is -1.07. The average Bonchev–Trinajstić information content (AvgIpc) is 2.31. The van der Waals surface area contributed by atoms with Gasteiger partial charge in [-0.3, -0.25) is 9.59 Å². The molecule has 0 heterocycles. The Bertz CT molecular complexity index is 348. The third-order valence-electron chi connectivity index (χ3n) is 3.73. The van der Waals surface area contributed by atoms with E-state index in [1.807, 2.05) is 6.92 Å². The fourth-order valence-corrected chi connectivity index (χ4v) is 2.65. The normalized spacial score (nSPS) is 27.9. The van der Waals surface area contributed by atoms with Crippen molar-refractivity contribution in [2.24, 2.45) is 11.3 Å². The van der Waals surface area contributed by atoms with E-state index in [0.29, 0.717) is 12.8 Å². The first-order valence-corrected chi connectivity index (χ1v) is 6.65. The molecule has 0 aromatic rings. The molecule has 1 aliphatic carbocycles. The van der Waals surface area contributed by atoms with Crippen LogP contribution in [0.2, 0.25) is 0 Å². The molecule has 1 fully saturated rings. The molecule has 0 saturated heterocycles. The van der Waals surface area contributed by atoms with Gasteiger partial charge in [-0.1, -0.05) is 13.3 Å². The standard InChI is InChI=1S/C14H22O4/c1-4-18-13(17)14(9-7-11(3)15)8-5-6-10(2)12(14)16/h10H,4-9H2,1-3H3. The molecule has 102 valence electrons. The van der Waals surface area contributed by atoms with Crippen molar-refractivity contribution >= 4 is 17.5 Å². The molecule has 0 aromatic heterocycles. The van der Waals surface area contributed by atoms with Gasteiger partial charge in [0.2, 0.25) is 0 Å². The van der Waals surface area contributed by atoms with E-state index in [1.165, 1.54) is 6.92 Å². The third kappa shape index (κ3) is 2.98. The zero-order valence-corrected chi connectivity index (χ0v) is 11.5. The highest BCUT2D eigenvalue weighted by atomic mass is 16.5. The summed E-state index contributed by atoms with van der Waals surface area (Å²) in [6.07, 6.45) is 2.73. The van der Waals surface area contributed by atoms with Gasteiger partial charge in [0.15, 0.2) is 5.78 Å². The molecular formula is C14H22O4. The summed E-state index contributed by atoms with van der Waals surface area (Å²) in [7, 11) is 0. The lowest BCUT2D eigenvalue weighted by Crippen LogP contribution is -2.46. The van der Waals surface area contributed by atoms with Gasteiger partial charge in [-0.2, -0.15) is 0 Å². The number of ketones is 2. The molecule has 0 N–H and O–H groups in total. The van der Waals surface area contributed by atoms with Gasteiger partial charge in [-0.05, 0) is 33.1 Å². The Balaban J connectivity index is 2.95. The first kappa shape index (κ1) is 14.9. The fourth-order valence-electron chi connectivity index (χ4n) is 2.65. The number of carbonyl (C=O) groups is 3. The Morgan fingerprint density at radius 1 is 1.44 bits per heavy atom. The highest BCUT2D eigenvalue weighted by Gasteiger charge is 2.50. The summed E-state index contributed by atoms with van der Waals surface area (Å²) in [5.74, 6) is -0.601. The maximum Gasteiger partial charge on any atom is 0.319 e. The van der Waals surface area contributed by atoms with E-state index in [2.05, 4.69) is 0 Å². The van der Waals surface area contributed by atoms with Crippen molar-refractivity contribution in [3.8, 4) is 0 Å². The summed E-state index contributed by atoms with van der Waals surface area (Å²) in [5.41, 5.74) is -1.07. The molecular weight excluding hydrogens is 232 g/mol. The minimum absolute atomic E-state index is 0.00435. The van der Waals surface area contributed by atoms with Crippen LogP contribution >= 0.6 is 0 Å². The molecule has 4 heteroatoms. The van der Waals surface area contributed by atoms with Gasteiger partial charge in [-0.15, -0.1) is 0 Å². The van der Waals surface area contributed by atoms with Gasteiger partial charge < -0.3 is 9.53 Å². The zero-order chi connectivity index (χ0) is 13.8. The number of ether oxygens (including phenoxy) is 1. The molecule has 0 aliphatic heterocycles. The maximum atomic E-state index is 12.4. The van der Waals surface area contributed by atoms with Crippen LogP contribution < -0.4 is 0 Å². The van der Waals surface area contributed by atoms with Crippen LogP contribution in [0.1, 0.15) is 52.9 Å². The summed E-state index contributed by atoms with van der Waals surface area (Å²) in [6.45, 7) is 5.33. The lowest BCUT2D eigenvalue weighted by atomic mass is 9.66. The smallest absolute Gasteiger partial charge is 0.319 e. The Labute approximate surface area is 108 Å². The number of hydrogen-bond acceptors (Lipinski definition) is 4. The van der Waals surface area contributed by atoms with Gasteiger partial charge in [0.25, 0.3) is 0 Å². The van der Waals surface area contributed by atoms with Gasteiger partial charge in [0.1, 0.15) is 11.2 Å². The van der Waals surface area contributed by atoms with Crippen molar-refractivity contribution in [3.05, 3.63) is 0 Å². The Hall–Kier alpha value is -1.19. The van der Waals surface area contributed by atoms with E-state index in [0.717, 1.165) is 12.8 Å². The second kappa shape index (κ2) is 6.12. The Morgan fingerprint density at radius 3 is 2.67 bits per heavy atom. The van der Waals surface area contributed by atoms with Crippen LogP contribution in [0.3, 0.4) is 0 Å². The van der Waals surface area contributed by atoms with Gasteiger partial charge in [0, 0.05) is 12.3 Å². The van der Waals surface area contributed by atoms with Crippen LogP contribution in [-0.4, -0.2) is 24.1 Å². The first-order chi connectivity index (χ1) is 8.44. The monoisotopic (exact) mass is 254 g/mol. The molecule has 0 aromatic carbocycles. The fraction of sp³-hybridized carbons (Fsp3) is 0.786. The summed E-state index contributed by atoms with van der Waals surface area (Å²) >= 11 is 0. The number of rotatable bonds is 5. The molecule has 0 radical (unpaired) electrons. The Kier molecular flexibility index (Phi) is 5.05. The van der Waals surface area contributed by atoms with E-state index in [-0.39, 0.29) is 30.5 Å². The second-order valence-corrected chi connectivity index (χ2v) is 5.16. The predicted molar refractivity (Wildman–Crippen MR) is 67.0 cm³/mol. The van der Waals surface area contributed by atoms with E-state index in [9.17, 15) is 14.4 Å². The van der Waals surface area contributed by atoms with Crippen molar-refractivity contribution in [1.29, 1.82) is 0 Å². The van der Waals surface area contributed by atoms with E-state index in [4.69, 9.17) is 4.74 Å². The minimum Gasteiger partial charge on any atom is -0.465 e. The highest BCUT2D eigenvalue weighted by molar-refractivity contribution is 6.05. The number of Topliss-reactive ketones (excluding diaryl/α,β-unsaturated/α-hetero) is 2. The first-order valence-electron chi connectivity index (χ1n) is 6.65. The quantitative estimate of drug-likeness (QED) is 0.558. The topological polar surface area (TPSA) is 60.4 Å². The lowest BCUT2D eigenvalue weighted by molar-refractivity contribution is -0.164. The van der Waals surface area contributed by atoms with Crippen molar-refractivity contribution < 1.29 is 19.1 Å². The van der Waals surface area contributed by atoms with Crippen LogP contribution in [-0.2, 0) is 19.1 Å². The van der Waals surface area contributed by atoms with Crippen molar-refractivity contribution in [1.82, 2.24) is 0 Å². The highest BCUT2D eigenvalue weighted by Crippen LogP contribution is 2.41. The molecule has 0 amide bonds. The SMILES string of the molecule is CCOC(=O)C1(CCC(C)=O)CCCC(C)C1=O. The maximum absolute atomic E-state index is 12.4. The van der Waals surface area contributed by atoms with Gasteiger partial charge >= 0.3 is 5.97 Å². The van der Waals surface area contributed by atoms with E-state index in [1.54, 1.807) is 6.92 Å². The average molecular weight is 254 g/mol. The molecule has 4 nitrogen and oxygen atoms in total. The molecule has 2 unspecified atom stereocenters. The summed E-state index contributed by atoms with van der Waals surface area (Å²) < 4.78 is 5.06. The molecule has 1 saturated carbocycles. The summed E-state index contributed by atoms with van der Waals surface area (Å²) in [5, 5.41) is 0. The molecule has 1 rings (SSSR count). The Morgan fingerprint density at radius 2 is 2.11 bits per heavy atom. The molecule has 2 atom stereocenters. The van der Waals surface area contributed by atoms with E-state index < -0.39 is 11.4 Å². The summed E-state index contributed by atoms with van der Waals surface area (Å²) in [4.78, 5) is 35.6. The molecule has 18 heavy (non-hydrogen) atoms. The number of carbonyl (C=O) groups excluding carboxylic acids is 3. The number of esters is 1. The number of hydrogen-bond donors (Lipinski definition) is 0. The zero-order valence-electron chi connectivity index (χ0n) is 11.5. The lowest BCUT2D eigenvalue weighted by Gasteiger charge is -2.36. The second-order valence-electron chi connectivity index (χ2n) is 5.16. The van der Waals surface area contributed by atoms with Crippen molar-refractivity contribution in [2.75, 3.05) is 6.61 Å². The van der Waals surface area contributed by atoms with Gasteiger partial charge in [0.05, 0.1) is 6.61 Å². The van der Waals surface area contributed by atoms with Crippen LogP contribution in [0, 0.1) is 11.3 Å². The molecule has 1 aliphatic rings. The van der Waals surface area contributed by atoms with E-state index >= 15 is 0 Å².